The third kappa shape index (κ3) is 3.96. The molecule has 0 unspecified atom stereocenters. The van der Waals surface area contributed by atoms with Crippen LogP contribution < -0.4 is 5.32 Å². The minimum Gasteiger partial charge on any atom is -0.480 e. The van der Waals surface area contributed by atoms with E-state index in [-0.39, 0.29) is 0 Å². The lowest BCUT2D eigenvalue weighted by Gasteiger charge is -2.23. The number of thioether (sulfide) groups is 1. The lowest BCUT2D eigenvalue weighted by Crippen LogP contribution is -2.28. The molecule has 0 saturated carbocycles. The van der Waals surface area contributed by atoms with Crippen molar-refractivity contribution in [2.24, 2.45) is 0 Å². The van der Waals surface area contributed by atoms with E-state index in [1.165, 1.54) is 11.8 Å². The van der Waals surface area contributed by atoms with Crippen molar-refractivity contribution in [3.05, 3.63) is 41.7 Å². The third-order valence-electron chi connectivity index (χ3n) is 4.26. The fraction of sp³-hybridized carbons (Fsp3) is 0.471. The number of nitrogens with one attached hydrogen (secondary N) is 1. The number of nitrogens with zero attached hydrogens (tertiary/aromatic N) is 3. The molecule has 1 fully saturated rings. The first-order chi connectivity index (χ1) is 11.6. The van der Waals surface area contributed by atoms with Crippen molar-refractivity contribution in [1.29, 1.82) is 0 Å². The van der Waals surface area contributed by atoms with Gasteiger partial charge in [0.15, 0.2) is 5.16 Å². The number of hydrogen-bond acceptors (Lipinski definition) is 5. The Labute approximate surface area is 145 Å². The van der Waals surface area contributed by atoms with Gasteiger partial charge in [-0.1, -0.05) is 42.1 Å². The predicted molar refractivity (Wildman–Crippen MR) is 93.4 cm³/mol. The molecule has 1 aliphatic rings. The zero-order valence-electron chi connectivity index (χ0n) is 13.7. The Kier molecular flexibility index (Phi) is 5.52. The van der Waals surface area contributed by atoms with E-state index in [4.69, 9.17) is 0 Å². The molecule has 6 nitrogen and oxygen atoms in total. The van der Waals surface area contributed by atoms with Gasteiger partial charge >= 0.3 is 5.97 Å². The van der Waals surface area contributed by atoms with Crippen molar-refractivity contribution in [3.63, 3.8) is 0 Å². The average Bonchev–Trinajstić information content (AvgIpc) is 2.99. The maximum absolute atomic E-state index is 11.2. The van der Waals surface area contributed by atoms with Crippen LogP contribution in [0.15, 0.2) is 35.5 Å². The molecule has 1 aromatic carbocycles. The number of rotatable bonds is 6. The minimum absolute atomic E-state index is 0.372. The van der Waals surface area contributed by atoms with Crippen LogP contribution in [0, 0.1) is 0 Å². The molecule has 0 bridgehead atoms. The summed E-state index contributed by atoms with van der Waals surface area (Å²) in [7, 11) is 0. The number of aromatic nitrogens is 3. The third-order valence-corrected chi connectivity index (χ3v) is 5.33. The van der Waals surface area contributed by atoms with Gasteiger partial charge in [-0.3, -0.25) is 4.79 Å². The number of carboxylic acid groups (broad SMARTS) is 1. The van der Waals surface area contributed by atoms with Crippen molar-refractivity contribution in [2.75, 3.05) is 13.1 Å². The normalized spacial score (nSPS) is 16.9. The van der Waals surface area contributed by atoms with Gasteiger partial charge in [-0.25, -0.2) is 0 Å². The van der Waals surface area contributed by atoms with Crippen LogP contribution in [0.4, 0.5) is 0 Å². The predicted octanol–water partition coefficient (Wildman–Crippen LogP) is 2.36. The van der Waals surface area contributed by atoms with Crippen LogP contribution >= 0.6 is 11.8 Å². The monoisotopic (exact) mass is 346 g/mol. The average molecular weight is 346 g/mol. The van der Waals surface area contributed by atoms with Gasteiger partial charge in [-0.2, -0.15) is 0 Å². The quantitative estimate of drug-likeness (QED) is 0.782. The fourth-order valence-corrected chi connectivity index (χ4v) is 3.68. The van der Waals surface area contributed by atoms with Gasteiger partial charge in [0.25, 0.3) is 0 Å². The highest BCUT2D eigenvalue weighted by Gasteiger charge is 2.25. The Hall–Kier alpha value is -1.86. The summed E-state index contributed by atoms with van der Waals surface area (Å²) in [5.74, 6) is 0.509. The Morgan fingerprint density at radius 2 is 2.04 bits per heavy atom. The Balaban J connectivity index is 1.90. The second kappa shape index (κ2) is 7.81. The van der Waals surface area contributed by atoms with Crippen molar-refractivity contribution in [2.45, 2.75) is 42.6 Å². The number of carboxylic acids is 1. The maximum atomic E-state index is 11.2. The van der Waals surface area contributed by atoms with Gasteiger partial charge in [0.05, 0.1) is 6.54 Å². The number of carbonyl (C=O) groups is 1. The van der Waals surface area contributed by atoms with Crippen LogP contribution in [0.2, 0.25) is 0 Å². The molecule has 7 heteroatoms. The molecule has 24 heavy (non-hydrogen) atoms. The molecular weight excluding hydrogens is 324 g/mol. The van der Waals surface area contributed by atoms with E-state index in [0.29, 0.717) is 17.6 Å². The van der Waals surface area contributed by atoms with Gasteiger partial charge in [-0.15, -0.1) is 10.2 Å². The molecule has 0 aliphatic carbocycles. The van der Waals surface area contributed by atoms with E-state index in [1.54, 1.807) is 6.92 Å². The summed E-state index contributed by atoms with van der Waals surface area (Å²) in [6, 6.07) is 10.2. The molecule has 0 amide bonds. The summed E-state index contributed by atoms with van der Waals surface area (Å²) in [5.41, 5.74) is 1.16. The van der Waals surface area contributed by atoms with Crippen LogP contribution in [0.1, 0.15) is 37.1 Å². The van der Waals surface area contributed by atoms with Crippen LogP contribution in [0.5, 0.6) is 0 Å². The first-order valence-corrected chi connectivity index (χ1v) is 9.10. The van der Waals surface area contributed by atoms with Crippen molar-refractivity contribution < 1.29 is 9.90 Å². The van der Waals surface area contributed by atoms with Gasteiger partial charge in [0, 0.05) is 5.92 Å². The van der Waals surface area contributed by atoms with E-state index < -0.39 is 11.2 Å². The Bertz CT molecular complexity index is 683. The molecule has 1 saturated heterocycles. The van der Waals surface area contributed by atoms with Crippen LogP contribution in [0.3, 0.4) is 0 Å². The van der Waals surface area contributed by atoms with Gasteiger partial charge in [-0.05, 0) is 38.4 Å². The SMILES string of the molecule is C[C@@H](Sc1nnc(C2CCNCC2)n1Cc1ccccc1)C(=O)O. The molecular formula is C17H22N4O2S. The smallest absolute Gasteiger partial charge is 0.316 e. The summed E-state index contributed by atoms with van der Waals surface area (Å²) < 4.78 is 2.09. The summed E-state index contributed by atoms with van der Waals surface area (Å²) in [4.78, 5) is 11.2. The lowest BCUT2D eigenvalue weighted by molar-refractivity contribution is -0.136. The van der Waals surface area contributed by atoms with E-state index >= 15 is 0 Å². The molecule has 0 radical (unpaired) electrons. The van der Waals surface area contributed by atoms with Gasteiger partial charge in [0.2, 0.25) is 0 Å². The standard InChI is InChI=1S/C17H22N4O2S/c1-12(16(22)23)24-17-20-19-15(14-7-9-18-10-8-14)21(17)11-13-5-3-2-4-6-13/h2-6,12,14,18H,7-11H2,1H3,(H,22,23)/t12-/m1/s1. The van der Waals surface area contributed by atoms with E-state index in [2.05, 4.69) is 32.2 Å². The number of aliphatic carboxylic acids is 1. The van der Waals surface area contributed by atoms with Gasteiger partial charge < -0.3 is 15.0 Å². The first kappa shape index (κ1) is 17.0. The summed E-state index contributed by atoms with van der Waals surface area (Å²) >= 11 is 1.26. The van der Waals surface area contributed by atoms with Crippen LogP contribution in [-0.2, 0) is 11.3 Å². The Morgan fingerprint density at radius 3 is 2.71 bits per heavy atom. The number of piperidine rings is 1. The topological polar surface area (TPSA) is 80.0 Å². The van der Waals surface area contributed by atoms with Crippen molar-refractivity contribution >= 4 is 17.7 Å². The lowest BCUT2D eigenvalue weighted by atomic mass is 9.97. The molecule has 128 valence electrons. The molecule has 1 atom stereocenters. The fourth-order valence-electron chi connectivity index (χ4n) is 2.89. The highest BCUT2D eigenvalue weighted by molar-refractivity contribution is 8.00. The second-order valence-corrected chi connectivity index (χ2v) is 7.34. The van der Waals surface area contributed by atoms with Gasteiger partial charge in [0.1, 0.15) is 11.1 Å². The van der Waals surface area contributed by atoms with Crippen LogP contribution in [-0.4, -0.2) is 44.2 Å². The zero-order chi connectivity index (χ0) is 16.9. The molecule has 2 heterocycles. The molecule has 0 spiro atoms. The molecule has 2 aromatic rings. The van der Waals surface area contributed by atoms with E-state index in [0.717, 1.165) is 37.3 Å². The first-order valence-electron chi connectivity index (χ1n) is 8.22. The van der Waals surface area contributed by atoms with Crippen molar-refractivity contribution in [3.8, 4) is 0 Å². The number of benzene rings is 1. The second-order valence-electron chi connectivity index (χ2n) is 6.04. The molecule has 1 aromatic heterocycles. The molecule has 2 N–H and O–H groups in total. The highest BCUT2D eigenvalue weighted by Crippen LogP contribution is 2.29. The molecule has 1 aliphatic heterocycles. The van der Waals surface area contributed by atoms with Crippen molar-refractivity contribution in [1.82, 2.24) is 20.1 Å². The van der Waals surface area contributed by atoms with Crippen LogP contribution in [0.25, 0.3) is 0 Å². The summed E-state index contributed by atoms with van der Waals surface area (Å²) in [5, 5.41) is 21.4. The molecule has 3 rings (SSSR count). The van der Waals surface area contributed by atoms with E-state index in [9.17, 15) is 9.90 Å². The number of hydrogen-bond donors (Lipinski definition) is 2. The minimum atomic E-state index is -0.835. The maximum Gasteiger partial charge on any atom is 0.316 e. The Morgan fingerprint density at radius 1 is 1.33 bits per heavy atom. The largest absolute Gasteiger partial charge is 0.480 e. The highest BCUT2D eigenvalue weighted by atomic mass is 32.2. The summed E-state index contributed by atoms with van der Waals surface area (Å²) in [6.45, 7) is 4.31. The summed E-state index contributed by atoms with van der Waals surface area (Å²) in [6.07, 6.45) is 2.07. The van der Waals surface area contributed by atoms with E-state index in [1.807, 2.05) is 18.2 Å². The zero-order valence-corrected chi connectivity index (χ0v) is 14.5.